The van der Waals surface area contributed by atoms with Crippen LogP contribution in [-0.4, -0.2) is 17.1 Å². The maximum absolute atomic E-state index is 4.68. The van der Waals surface area contributed by atoms with E-state index in [1.165, 1.54) is 5.56 Å². The van der Waals surface area contributed by atoms with E-state index < -0.39 is 0 Å². The van der Waals surface area contributed by atoms with Gasteiger partial charge in [0.1, 0.15) is 10.5 Å². The average Bonchev–Trinajstić information content (AvgIpc) is 2.19. The second-order valence-corrected chi connectivity index (χ2v) is 2.99. The van der Waals surface area contributed by atoms with Crippen molar-refractivity contribution in [3.05, 3.63) is 35.9 Å². The maximum atomic E-state index is 4.68. The molecule has 0 unspecified atom stereocenters. The fourth-order valence-corrected chi connectivity index (χ4v) is 0.714. The maximum Gasteiger partial charge on any atom is 0.145 e. The molecule has 0 bridgehead atoms. The zero-order chi connectivity index (χ0) is 9.23. The Morgan fingerprint density at radius 1 is 1.17 bits per heavy atom. The van der Waals surface area contributed by atoms with Gasteiger partial charge in [-0.2, -0.15) is 0 Å². The molecule has 1 aromatic rings. The second-order valence-electron chi connectivity index (χ2n) is 2.42. The lowest BCUT2D eigenvalue weighted by molar-refractivity contribution is 0.375. The summed E-state index contributed by atoms with van der Waals surface area (Å²) in [7, 11) is 0.890. The SMILES string of the molecule is CCO[SiH3].CCc1ccccc1. The van der Waals surface area contributed by atoms with Crippen molar-refractivity contribution in [1.82, 2.24) is 0 Å². The first-order chi connectivity index (χ1) is 5.85. The van der Waals surface area contributed by atoms with E-state index in [9.17, 15) is 0 Å². The molecule has 0 N–H and O–H groups in total. The number of aryl methyl sites for hydroxylation is 1. The van der Waals surface area contributed by atoms with Crippen LogP contribution >= 0.6 is 0 Å². The van der Waals surface area contributed by atoms with Crippen molar-refractivity contribution < 1.29 is 4.43 Å². The molecule has 0 aromatic heterocycles. The largest absolute Gasteiger partial charge is 0.428 e. The van der Waals surface area contributed by atoms with Crippen LogP contribution in [0.1, 0.15) is 19.4 Å². The van der Waals surface area contributed by atoms with Gasteiger partial charge in [0, 0.05) is 6.61 Å². The van der Waals surface area contributed by atoms with Crippen molar-refractivity contribution in [3.63, 3.8) is 0 Å². The summed E-state index contributed by atoms with van der Waals surface area (Å²) in [5.74, 6) is 0. The quantitative estimate of drug-likeness (QED) is 0.631. The van der Waals surface area contributed by atoms with Gasteiger partial charge in [-0.15, -0.1) is 0 Å². The Balaban J connectivity index is 0.000000261. The molecule has 0 amide bonds. The van der Waals surface area contributed by atoms with E-state index in [0.29, 0.717) is 0 Å². The van der Waals surface area contributed by atoms with Crippen LogP contribution in [0.2, 0.25) is 0 Å². The highest BCUT2D eigenvalue weighted by atomic mass is 28.2. The molecular formula is C10H18OSi. The number of benzene rings is 1. The highest BCUT2D eigenvalue weighted by molar-refractivity contribution is 5.97. The lowest BCUT2D eigenvalue weighted by atomic mass is 10.2. The summed E-state index contributed by atoms with van der Waals surface area (Å²) < 4.78 is 4.68. The van der Waals surface area contributed by atoms with Crippen LogP contribution in [0.15, 0.2) is 30.3 Å². The van der Waals surface area contributed by atoms with Crippen molar-refractivity contribution >= 4 is 10.5 Å². The molecule has 0 saturated carbocycles. The lowest BCUT2D eigenvalue weighted by Gasteiger charge is -1.89. The zero-order valence-corrected chi connectivity index (χ0v) is 10.2. The standard InChI is InChI=1S/C8H10.C2H8OSi/c1-2-8-6-4-3-5-7-8;1-2-3-4/h3-7H,2H2,1H3;2H2,1,4H3. The molecule has 0 heterocycles. The summed E-state index contributed by atoms with van der Waals surface area (Å²) >= 11 is 0. The van der Waals surface area contributed by atoms with Gasteiger partial charge in [0.15, 0.2) is 0 Å². The van der Waals surface area contributed by atoms with Crippen LogP contribution in [0.3, 0.4) is 0 Å². The molecular weight excluding hydrogens is 164 g/mol. The first kappa shape index (κ1) is 11.4. The molecule has 1 nitrogen and oxygen atoms in total. The van der Waals surface area contributed by atoms with Crippen LogP contribution < -0.4 is 0 Å². The van der Waals surface area contributed by atoms with Crippen molar-refractivity contribution in [2.75, 3.05) is 6.61 Å². The summed E-state index contributed by atoms with van der Waals surface area (Å²) in [5.41, 5.74) is 1.41. The van der Waals surface area contributed by atoms with E-state index in [4.69, 9.17) is 0 Å². The zero-order valence-electron chi connectivity index (χ0n) is 8.21. The molecule has 12 heavy (non-hydrogen) atoms. The molecule has 0 aliphatic heterocycles. The average molecular weight is 182 g/mol. The minimum atomic E-state index is 0.881. The monoisotopic (exact) mass is 182 g/mol. The van der Waals surface area contributed by atoms with Gasteiger partial charge in [-0.3, -0.25) is 0 Å². The van der Waals surface area contributed by atoms with Crippen molar-refractivity contribution in [2.45, 2.75) is 20.3 Å². The number of hydrogen-bond donors (Lipinski definition) is 0. The van der Waals surface area contributed by atoms with Gasteiger partial charge < -0.3 is 4.43 Å². The molecule has 0 atom stereocenters. The minimum Gasteiger partial charge on any atom is -0.428 e. The molecule has 0 aliphatic carbocycles. The third-order valence-corrected chi connectivity index (χ3v) is 2.12. The third kappa shape index (κ3) is 6.13. The van der Waals surface area contributed by atoms with Gasteiger partial charge >= 0.3 is 0 Å². The molecule has 0 saturated heterocycles. The molecule has 1 rings (SSSR count). The van der Waals surface area contributed by atoms with Crippen LogP contribution in [0.5, 0.6) is 0 Å². The van der Waals surface area contributed by atoms with Crippen molar-refractivity contribution in [3.8, 4) is 0 Å². The van der Waals surface area contributed by atoms with E-state index in [1.54, 1.807) is 0 Å². The number of hydrogen-bond acceptors (Lipinski definition) is 1. The predicted molar refractivity (Wildman–Crippen MR) is 57.4 cm³/mol. The molecule has 68 valence electrons. The Hall–Kier alpha value is -0.603. The highest BCUT2D eigenvalue weighted by Gasteiger charge is 1.79. The summed E-state index contributed by atoms with van der Waals surface area (Å²) in [6.45, 7) is 5.04. The van der Waals surface area contributed by atoms with Gasteiger partial charge in [0.05, 0.1) is 0 Å². The van der Waals surface area contributed by atoms with Gasteiger partial charge in [-0.05, 0) is 18.9 Å². The predicted octanol–water partition coefficient (Wildman–Crippen LogP) is 1.55. The lowest BCUT2D eigenvalue weighted by Crippen LogP contribution is -1.76. The second kappa shape index (κ2) is 8.49. The summed E-state index contributed by atoms with van der Waals surface area (Å²) in [4.78, 5) is 0. The fraction of sp³-hybridized carbons (Fsp3) is 0.400. The minimum absolute atomic E-state index is 0.881. The molecule has 2 heteroatoms. The highest BCUT2D eigenvalue weighted by Crippen LogP contribution is 1.96. The smallest absolute Gasteiger partial charge is 0.145 e. The van der Waals surface area contributed by atoms with Crippen LogP contribution in [0, 0.1) is 0 Å². The van der Waals surface area contributed by atoms with Gasteiger partial charge in [-0.25, -0.2) is 0 Å². The first-order valence-corrected chi connectivity index (χ1v) is 5.19. The first-order valence-electron chi connectivity index (χ1n) is 4.38. The van der Waals surface area contributed by atoms with Crippen molar-refractivity contribution in [2.24, 2.45) is 0 Å². The molecule has 0 aliphatic rings. The topological polar surface area (TPSA) is 9.23 Å². The number of rotatable bonds is 2. The van der Waals surface area contributed by atoms with Gasteiger partial charge in [0.25, 0.3) is 0 Å². The Kier molecular flexibility index (Phi) is 8.07. The van der Waals surface area contributed by atoms with Gasteiger partial charge in [-0.1, -0.05) is 37.3 Å². The summed E-state index contributed by atoms with van der Waals surface area (Å²) in [6.07, 6.45) is 1.14. The normalized spacial score (nSPS) is 8.83. The van der Waals surface area contributed by atoms with Crippen molar-refractivity contribution in [1.29, 1.82) is 0 Å². The van der Waals surface area contributed by atoms with Crippen LogP contribution in [0.4, 0.5) is 0 Å². The summed E-state index contributed by atoms with van der Waals surface area (Å²) in [6, 6.07) is 10.5. The fourth-order valence-electron chi connectivity index (χ4n) is 0.714. The van der Waals surface area contributed by atoms with E-state index in [2.05, 4.69) is 35.6 Å². The molecule has 0 spiro atoms. The Bertz CT molecular complexity index is 172. The van der Waals surface area contributed by atoms with E-state index in [-0.39, 0.29) is 0 Å². The van der Waals surface area contributed by atoms with E-state index >= 15 is 0 Å². The van der Waals surface area contributed by atoms with Crippen LogP contribution in [-0.2, 0) is 10.8 Å². The Labute approximate surface area is 78.3 Å². The Morgan fingerprint density at radius 3 is 1.92 bits per heavy atom. The Morgan fingerprint density at radius 2 is 1.67 bits per heavy atom. The van der Waals surface area contributed by atoms with E-state index in [1.807, 2.05) is 13.0 Å². The van der Waals surface area contributed by atoms with Gasteiger partial charge in [0.2, 0.25) is 0 Å². The molecule has 0 fully saturated rings. The molecule has 1 aromatic carbocycles. The van der Waals surface area contributed by atoms with E-state index in [0.717, 1.165) is 23.5 Å². The molecule has 0 radical (unpaired) electrons. The van der Waals surface area contributed by atoms with Crippen LogP contribution in [0.25, 0.3) is 0 Å². The summed E-state index contributed by atoms with van der Waals surface area (Å²) in [5, 5.41) is 0. The third-order valence-electron chi connectivity index (χ3n) is 1.54.